The number of hydrogen-bond donors (Lipinski definition) is 0. The van der Waals surface area contributed by atoms with Crippen molar-refractivity contribution in [2.24, 2.45) is 5.92 Å². The molecule has 0 saturated carbocycles. The van der Waals surface area contributed by atoms with Gasteiger partial charge in [-0.1, -0.05) is 63.8 Å². The highest BCUT2D eigenvalue weighted by atomic mass is 19.4. The first-order chi connectivity index (χ1) is 16.8. The molecule has 0 bridgehead atoms. The van der Waals surface area contributed by atoms with Crippen molar-refractivity contribution >= 4 is 5.97 Å². The van der Waals surface area contributed by atoms with Gasteiger partial charge in [0.05, 0.1) is 18.8 Å². The average Bonchev–Trinajstić information content (AvgIpc) is 3.30. The molecule has 3 rings (SSSR count). The topological polar surface area (TPSA) is 44.8 Å². The third-order valence-corrected chi connectivity index (χ3v) is 6.28. The van der Waals surface area contributed by atoms with Gasteiger partial charge in [0.1, 0.15) is 11.9 Å². The van der Waals surface area contributed by atoms with Crippen molar-refractivity contribution in [3.63, 3.8) is 0 Å². The molecule has 0 unspecified atom stereocenters. The van der Waals surface area contributed by atoms with E-state index < -0.39 is 24.4 Å². The van der Waals surface area contributed by atoms with E-state index in [0.717, 1.165) is 42.6 Å². The van der Waals surface area contributed by atoms with Gasteiger partial charge in [0.2, 0.25) is 6.10 Å². The van der Waals surface area contributed by atoms with Gasteiger partial charge < -0.3 is 14.2 Å². The van der Waals surface area contributed by atoms with Crippen LogP contribution in [0.15, 0.2) is 48.5 Å². The number of alkyl halides is 3. The van der Waals surface area contributed by atoms with Crippen molar-refractivity contribution in [3.05, 3.63) is 54.1 Å². The molecule has 35 heavy (non-hydrogen) atoms. The Kier molecular flexibility index (Phi) is 10.0. The van der Waals surface area contributed by atoms with Crippen molar-refractivity contribution in [2.75, 3.05) is 13.2 Å². The molecule has 1 saturated heterocycles. The molecule has 2 aromatic carbocycles. The molecule has 0 amide bonds. The van der Waals surface area contributed by atoms with Crippen LogP contribution in [0.2, 0.25) is 0 Å². The molecule has 192 valence electrons. The predicted molar refractivity (Wildman–Crippen MR) is 130 cm³/mol. The zero-order chi connectivity index (χ0) is 25.3. The first kappa shape index (κ1) is 27.1. The van der Waals surface area contributed by atoms with Crippen LogP contribution in [0.4, 0.5) is 13.2 Å². The van der Waals surface area contributed by atoms with Crippen LogP contribution in [0.3, 0.4) is 0 Å². The summed E-state index contributed by atoms with van der Waals surface area (Å²) >= 11 is 0. The second-order valence-corrected chi connectivity index (χ2v) is 9.14. The summed E-state index contributed by atoms with van der Waals surface area (Å²) in [6.07, 6.45) is -1.66. The van der Waals surface area contributed by atoms with E-state index in [1.54, 1.807) is 12.1 Å². The van der Waals surface area contributed by atoms with E-state index in [1.165, 1.54) is 25.0 Å². The van der Waals surface area contributed by atoms with Crippen molar-refractivity contribution < 1.29 is 32.2 Å². The first-order valence-electron chi connectivity index (χ1n) is 12.5. The lowest BCUT2D eigenvalue weighted by atomic mass is 9.98. The van der Waals surface area contributed by atoms with Crippen molar-refractivity contribution in [1.29, 1.82) is 0 Å². The van der Waals surface area contributed by atoms with E-state index in [9.17, 15) is 18.0 Å². The van der Waals surface area contributed by atoms with Crippen molar-refractivity contribution in [2.45, 2.75) is 77.2 Å². The highest BCUT2D eigenvalue weighted by molar-refractivity contribution is 5.90. The molecular weight excluding hydrogens is 457 g/mol. The number of benzene rings is 2. The molecule has 3 atom stereocenters. The molecule has 1 heterocycles. The minimum atomic E-state index is -4.69. The second-order valence-electron chi connectivity index (χ2n) is 9.14. The van der Waals surface area contributed by atoms with E-state index >= 15 is 0 Å². The number of hydrogen-bond acceptors (Lipinski definition) is 4. The lowest BCUT2D eigenvalue weighted by Gasteiger charge is -2.25. The molecule has 1 aliphatic rings. The van der Waals surface area contributed by atoms with Crippen molar-refractivity contribution in [1.82, 2.24) is 0 Å². The molecule has 1 aliphatic heterocycles. The number of rotatable bonds is 12. The van der Waals surface area contributed by atoms with E-state index in [1.807, 2.05) is 31.2 Å². The van der Waals surface area contributed by atoms with Crippen LogP contribution in [0, 0.1) is 5.92 Å². The molecule has 1 fully saturated rings. The monoisotopic (exact) mass is 492 g/mol. The molecular formula is C28H35F3O4. The molecule has 4 nitrogen and oxygen atoms in total. The number of carbonyl (C=O) groups is 1. The Labute approximate surface area is 205 Å². The minimum Gasteiger partial charge on any atom is -0.494 e. The van der Waals surface area contributed by atoms with Crippen LogP contribution in [0.25, 0.3) is 11.1 Å². The Bertz CT molecular complexity index is 909. The van der Waals surface area contributed by atoms with E-state index in [2.05, 4.69) is 6.92 Å². The number of halogens is 3. The largest absolute Gasteiger partial charge is 0.494 e. The molecule has 0 radical (unpaired) electrons. The third kappa shape index (κ3) is 7.99. The maximum Gasteiger partial charge on any atom is 0.428 e. The lowest BCUT2D eigenvalue weighted by molar-refractivity contribution is -0.230. The summed E-state index contributed by atoms with van der Waals surface area (Å²) in [6.45, 7) is 5.10. The first-order valence-corrected chi connectivity index (χ1v) is 12.5. The maximum atomic E-state index is 13.6. The predicted octanol–water partition coefficient (Wildman–Crippen LogP) is 7.61. The minimum absolute atomic E-state index is 0.0608. The quantitative estimate of drug-likeness (QED) is 0.226. The Morgan fingerprint density at radius 3 is 2.23 bits per heavy atom. The van der Waals surface area contributed by atoms with Crippen LogP contribution in [0.1, 0.15) is 69.2 Å². The average molecular weight is 493 g/mol. The van der Waals surface area contributed by atoms with Gasteiger partial charge in [-0.3, -0.25) is 0 Å². The highest BCUT2D eigenvalue weighted by Crippen LogP contribution is 2.35. The normalized spacial score (nSPS) is 18.9. The number of unbranched alkanes of at least 4 members (excludes halogenated alkanes) is 3. The third-order valence-electron chi connectivity index (χ3n) is 6.28. The van der Waals surface area contributed by atoms with Crippen LogP contribution in [-0.2, 0) is 9.47 Å². The van der Waals surface area contributed by atoms with Gasteiger partial charge in [-0.2, -0.15) is 13.2 Å². The fourth-order valence-corrected chi connectivity index (χ4v) is 4.34. The van der Waals surface area contributed by atoms with Gasteiger partial charge in [0.15, 0.2) is 0 Å². The van der Waals surface area contributed by atoms with Gasteiger partial charge in [0.25, 0.3) is 0 Å². The fraction of sp³-hybridized carbons (Fsp3) is 0.536. The Balaban J connectivity index is 1.58. The maximum absolute atomic E-state index is 13.6. The molecule has 7 heteroatoms. The lowest BCUT2D eigenvalue weighted by Crippen LogP contribution is -2.43. The Hall–Kier alpha value is -2.54. The van der Waals surface area contributed by atoms with Crippen LogP contribution >= 0.6 is 0 Å². The smallest absolute Gasteiger partial charge is 0.428 e. The van der Waals surface area contributed by atoms with Crippen LogP contribution in [0.5, 0.6) is 5.75 Å². The van der Waals surface area contributed by atoms with E-state index in [-0.39, 0.29) is 24.5 Å². The zero-order valence-electron chi connectivity index (χ0n) is 20.5. The van der Waals surface area contributed by atoms with Gasteiger partial charge in [-0.15, -0.1) is 0 Å². The molecule has 2 aromatic rings. The molecule has 0 aromatic heterocycles. The summed E-state index contributed by atoms with van der Waals surface area (Å²) in [5.74, 6) is -0.155. The SMILES string of the molecule is CCCCCCOc1ccc(-c2ccc(C(=O)O[C@@H]([C@H]3C[C@H](CCC)CO3)C(F)(F)F)cc2)cc1. The van der Waals surface area contributed by atoms with Gasteiger partial charge >= 0.3 is 12.1 Å². The summed E-state index contributed by atoms with van der Waals surface area (Å²) in [7, 11) is 0. The van der Waals surface area contributed by atoms with E-state index in [4.69, 9.17) is 14.2 Å². The van der Waals surface area contributed by atoms with Gasteiger partial charge in [0, 0.05) is 0 Å². The molecule has 0 N–H and O–H groups in total. The standard InChI is InChI=1S/C28H35F3O4/c1-3-5-6-7-17-33-24-15-13-22(14-16-24)21-9-11-23(12-10-21)27(32)35-26(28(29,30)31)25-18-20(8-4-2)19-34-25/h9-16,20,25-26H,3-8,17-19H2,1-2H3/t20-,25+,26-/m0/s1. The number of ether oxygens (including phenoxy) is 3. The highest BCUT2D eigenvalue weighted by Gasteiger charge is 2.50. The Morgan fingerprint density at radius 2 is 1.63 bits per heavy atom. The zero-order valence-corrected chi connectivity index (χ0v) is 20.5. The summed E-state index contributed by atoms with van der Waals surface area (Å²) in [5.41, 5.74) is 1.82. The van der Waals surface area contributed by atoms with E-state index in [0.29, 0.717) is 6.61 Å². The number of carbonyl (C=O) groups excluding carboxylic acids is 1. The molecule has 0 spiro atoms. The fourth-order valence-electron chi connectivity index (χ4n) is 4.34. The van der Waals surface area contributed by atoms with Crippen molar-refractivity contribution in [3.8, 4) is 16.9 Å². The molecule has 0 aliphatic carbocycles. The van der Waals surface area contributed by atoms with Crippen LogP contribution in [-0.4, -0.2) is 37.6 Å². The van der Waals surface area contributed by atoms with Gasteiger partial charge in [-0.25, -0.2) is 4.79 Å². The van der Waals surface area contributed by atoms with Crippen LogP contribution < -0.4 is 4.74 Å². The summed E-state index contributed by atoms with van der Waals surface area (Å²) < 4.78 is 57.0. The Morgan fingerprint density at radius 1 is 0.971 bits per heavy atom. The number of esters is 1. The summed E-state index contributed by atoms with van der Waals surface area (Å²) in [6, 6.07) is 14.0. The summed E-state index contributed by atoms with van der Waals surface area (Å²) in [4.78, 5) is 12.5. The van der Waals surface area contributed by atoms with Gasteiger partial charge in [-0.05, 0) is 60.6 Å². The second kappa shape index (κ2) is 13.0. The summed E-state index contributed by atoms with van der Waals surface area (Å²) in [5, 5.41) is 0.